The molecule has 0 unspecified atom stereocenters. The van der Waals surface area contributed by atoms with Crippen LogP contribution in [0.1, 0.15) is 6.42 Å². The molecule has 0 aromatic rings. The van der Waals surface area contributed by atoms with Crippen molar-refractivity contribution in [1.29, 1.82) is 0 Å². The van der Waals surface area contributed by atoms with Crippen LogP contribution in [0.2, 0.25) is 0 Å². The smallest absolute Gasteiger partial charge is 0.278 e. The first-order valence-electron chi connectivity index (χ1n) is 2.89. The van der Waals surface area contributed by atoms with Crippen LogP contribution in [0.5, 0.6) is 0 Å². The first-order valence-corrected chi connectivity index (χ1v) is 3.30. The summed E-state index contributed by atoms with van der Waals surface area (Å²) in [5, 5.41) is 1.82. The van der Waals surface area contributed by atoms with E-state index in [9.17, 15) is 4.79 Å². The van der Waals surface area contributed by atoms with Gasteiger partial charge in [-0.05, 0) is 12.2 Å². The summed E-state index contributed by atoms with van der Waals surface area (Å²) in [5.41, 5.74) is 2.53. The fraction of sp³-hybridized carbons (Fsp3) is 0.600. The van der Waals surface area contributed by atoms with Gasteiger partial charge >= 0.3 is 0 Å². The molecule has 10 heavy (non-hydrogen) atoms. The molecule has 1 heterocycles. The fourth-order valence-corrected chi connectivity index (χ4v) is 0.860. The summed E-state index contributed by atoms with van der Waals surface area (Å²) in [5.74, 6) is -0.0144. The van der Waals surface area contributed by atoms with E-state index < -0.39 is 0 Å². The van der Waals surface area contributed by atoms with Crippen LogP contribution >= 0.6 is 12.2 Å². The van der Waals surface area contributed by atoms with Gasteiger partial charge in [-0.15, -0.1) is 0 Å². The van der Waals surface area contributed by atoms with Crippen LogP contribution in [0, 0.1) is 0 Å². The zero-order valence-corrected chi connectivity index (χ0v) is 6.40. The minimum absolute atomic E-state index is 0.0144. The highest BCUT2D eigenvalue weighted by molar-refractivity contribution is 7.80. The number of hydrogen-bond acceptors (Lipinski definition) is 3. The molecular formula is C5H8N2O2S. The van der Waals surface area contributed by atoms with E-state index in [1.54, 1.807) is 0 Å². The first-order chi connectivity index (χ1) is 4.74. The molecule has 0 saturated carbocycles. The molecule has 4 nitrogen and oxygen atoms in total. The molecular weight excluding hydrogens is 152 g/mol. The van der Waals surface area contributed by atoms with Crippen LogP contribution in [0.15, 0.2) is 0 Å². The third-order valence-electron chi connectivity index (χ3n) is 1.22. The molecule has 1 saturated heterocycles. The average Bonchev–Trinajstić information content (AvgIpc) is 2.34. The normalized spacial score (nSPS) is 16.9. The maximum atomic E-state index is 10.6. The van der Waals surface area contributed by atoms with Crippen LogP contribution in [-0.2, 0) is 9.53 Å². The lowest BCUT2D eigenvalue weighted by Gasteiger charge is -2.15. The lowest BCUT2D eigenvalue weighted by Crippen LogP contribution is -2.38. The molecule has 0 bridgehead atoms. The van der Waals surface area contributed by atoms with Crippen molar-refractivity contribution in [1.82, 2.24) is 10.4 Å². The summed E-state index contributed by atoms with van der Waals surface area (Å²) >= 11 is 4.76. The molecule has 1 N–H and O–H groups in total. The Labute approximate surface area is 64.1 Å². The number of nitrogens with one attached hydrogen (secondary N) is 1. The number of hydrazine groups is 1. The van der Waals surface area contributed by atoms with Crippen molar-refractivity contribution < 1.29 is 9.53 Å². The lowest BCUT2D eigenvalue weighted by molar-refractivity contribution is -0.120. The maximum absolute atomic E-state index is 10.6. The standard InChI is InChI=1S/C5H8N2O2S/c1-9-5(10)7-3-2-4(8)6-7/h2-3H2,1H3,(H,6,8). The Balaban J connectivity index is 2.44. The predicted molar refractivity (Wildman–Crippen MR) is 39.1 cm³/mol. The number of nitrogens with zero attached hydrogens (tertiary/aromatic N) is 1. The van der Waals surface area contributed by atoms with Crippen LogP contribution < -0.4 is 5.43 Å². The highest BCUT2D eigenvalue weighted by Gasteiger charge is 2.20. The topological polar surface area (TPSA) is 41.6 Å². The van der Waals surface area contributed by atoms with Gasteiger partial charge in [0, 0.05) is 6.42 Å². The van der Waals surface area contributed by atoms with Crippen molar-refractivity contribution in [3.05, 3.63) is 0 Å². The highest BCUT2D eigenvalue weighted by atomic mass is 32.1. The van der Waals surface area contributed by atoms with Crippen molar-refractivity contribution in [2.24, 2.45) is 0 Å². The van der Waals surface area contributed by atoms with Gasteiger partial charge in [0.25, 0.3) is 5.17 Å². The van der Waals surface area contributed by atoms with Gasteiger partial charge in [-0.25, -0.2) is 5.01 Å². The van der Waals surface area contributed by atoms with Gasteiger partial charge in [0.2, 0.25) is 5.91 Å². The summed E-state index contributed by atoms with van der Waals surface area (Å²) in [6.45, 7) is 0.603. The van der Waals surface area contributed by atoms with Crippen molar-refractivity contribution >= 4 is 23.3 Å². The van der Waals surface area contributed by atoms with Gasteiger partial charge in [-0.2, -0.15) is 0 Å². The van der Waals surface area contributed by atoms with Crippen LogP contribution in [-0.4, -0.2) is 29.7 Å². The van der Waals surface area contributed by atoms with Crippen molar-refractivity contribution in [3.63, 3.8) is 0 Å². The third-order valence-corrected chi connectivity index (χ3v) is 1.60. The molecule has 1 fully saturated rings. The van der Waals surface area contributed by atoms with E-state index in [-0.39, 0.29) is 5.91 Å². The largest absolute Gasteiger partial charge is 0.473 e. The van der Waals surface area contributed by atoms with Crippen molar-refractivity contribution in [2.45, 2.75) is 6.42 Å². The van der Waals surface area contributed by atoms with Gasteiger partial charge in [0.05, 0.1) is 13.7 Å². The van der Waals surface area contributed by atoms with Gasteiger partial charge in [-0.1, -0.05) is 0 Å². The number of methoxy groups -OCH3 is 1. The molecule has 0 radical (unpaired) electrons. The number of hydrogen-bond donors (Lipinski definition) is 1. The van der Waals surface area contributed by atoms with E-state index >= 15 is 0 Å². The van der Waals surface area contributed by atoms with Gasteiger partial charge in [-0.3, -0.25) is 10.2 Å². The molecule has 56 valence electrons. The first kappa shape index (κ1) is 7.27. The molecule has 5 heteroatoms. The van der Waals surface area contributed by atoms with Crippen molar-refractivity contribution in [2.75, 3.05) is 13.7 Å². The Kier molecular flexibility index (Phi) is 2.06. The Morgan fingerprint density at radius 1 is 1.90 bits per heavy atom. The van der Waals surface area contributed by atoms with Crippen LogP contribution in [0.25, 0.3) is 0 Å². The number of carbonyl (C=O) groups is 1. The van der Waals surface area contributed by atoms with Gasteiger partial charge < -0.3 is 4.74 Å². The van der Waals surface area contributed by atoms with E-state index in [1.165, 1.54) is 12.1 Å². The molecule has 0 aliphatic carbocycles. The number of amides is 1. The molecule has 1 aliphatic rings. The van der Waals surface area contributed by atoms with E-state index in [2.05, 4.69) is 5.43 Å². The Morgan fingerprint density at radius 3 is 3.00 bits per heavy atom. The zero-order valence-electron chi connectivity index (χ0n) is 5.59. The highest BCUT2D eigenvalue weighted by Crippen LogP contribution is 1.99. The van der Waals surface area contributed by atoms with Gasteiger partial charge in [0.15, 0.2) is 0 Å². The minimum Gasteiger partial charge on any atom is -0.473 e. The molecule has 0 spiro atoms. The fourth-order valence-electron chi connectivity index (χ4n) is 0.723. The molecule has 0 atom stereocenters. The molecule has 0 aromatic carbocycles. The van der Waals surface area contributed by atoms with Crippen molar-refractivity contribution in [3.8, 4) is 0 Å². The Morgan fingerprint density at radius 2 is 2.60 bits per heavy atom. The van der Waals surface area contributed by atoms with E-state index in [0.717, 1.165) is 0 Å². The Bertz CT molecular complexity index is 171. The second-order valence-electron chi connectivity index (χ2n) is 1.91. The maximum Gasteiger partial charge on any atom is 0.278 e. The lowest BCUT2D eigenvalue weighted by atomic mass is 10.4. The minimum atomic E-state index is -0.0144. The summed E-state index contributed by atoms with van der Waals surface area (Å²) in [4.78, 5) is 10.6. The van der Waals surface area contributed by atoms with E-state index in [1.807, 2.05) is 0 Å². The number of rotatable bonds is 0. The average molecular weight is 160 g/mol. The quantitative estimate of drug-likeness (QED) is 0.492. The number of carbonyl (C=O) groups excluding carboxylic acids is 1. The summed E-state index contributed by atoms with van der Waals surface area (Å²) in [6, 6.07) is 0. The Hall–Kier alpha value is -0.840. The predicted octanol–water partition coefficient (Wildman–Crippen LogP) is -0.345. The molecule has 1 amide bonds. The van der Waals surface area contributed by atoms with Crippen LogP contribution in [0.3, 0.4) is 0 Å². The molecule has 0 aromatic heterocycles. The second-order valence-corrected chi connectivity index (χ2v) is 2.26. The number of thiocarbonyl (C=S) groups is 1. The molecule has 1 rings (SSSR count). The van der Waals surface area contributed by atoms with Crippen LogP contribution in [0.4, 0.5) is 0 Å². The molecule has 1 aliphatic heterocycles. The summed E-state index contributed by atoms with van der Waals surface area (Å²) in [6.07, 6.45) is 0.490. The van der Waals surface area contributed by atoms with E-state index in [4.69, 9.17) is 17.0 Å². The van der Waals surface area contributed by atoms with E-state index in [0.29, 0.717) is 18.1 Å². The second kappa shape index (κ2) is 2.83. The third kappa shape index (κ3) is 1.36. The summed E-state index contributed by atoms with van der Waals surface area (Å²) < 4.78 is 4.73. The van der Waals surface area contributed by atoms with Gasteiger partial charge in [0.1, 0.15) is 0 Å². The monoisotopic (exact) mass is 160 g/mol. The number of ether oxygens (including phenoxy) is 1. The SMILES string of the molecule is COC(=S)N1CCC(=O)N1. The zero-order chi connectivity index (χ0) is 7.56. The summed E-state index contributed by atoms with van der Waals surface area (Å²) in [7, 11) is 1.48.